The number of nitrogens with one attached hydrogen (secondary N) is 2. The summed E-state index contributed by atoms with van der Waals surface area (Å²) in [7, 11) is 0. The molecule has 0 bridgehead atoms. The number of aliphatic hydroxyl groups is 1. The van der Waals surface area contributed by atoms with Crippen molar-refractivity contribution in [2.24, 2.45) is 0 Å². The van der Waals surface area contributed by atoms with Crippen LogP contribution in [0.5, 0.6) is 0 Å². The molecule has 2 amide bonds. The van der Waals surface area contributed by atoms with E-state index >= 15 is 0 Å². The Morgan fingerprint density at radius 2 is 1.82 bits per heavy atom. The van der Waals surface area contributed by atoms with Gasteiger partial charge < -0.3 is 15.2 Å². The minimum absolute atomic E-state index is 0.0107. The van der Waals surface area contributed by atoms with Gasteiger partial charge in [-0.3, -0.25) is 15.1 Å². The van der Waals surface area contributed by atoms with Gasteiger partial charge in [-0.2, -0.15) is 17.9 Å². The van der Waals surface area contributed by atoms with E-state index in [2.05, 4.69) is 20.4 Å². The maximum absolute atomic E-state index is 13.1. The fraction of sp³-hybridized carbons (Fsp3) is 0.304. The van der Waals surface area contributed by atoms with Crippen LogP contribution in [0.1, 0.15) is 37.2 Å². The highest BCUT2D eigenvalue weighted by Crippen LogP contribution is 2.22. The molecule has 2 heterocycles. The van der Waals surface area contributed by atoms with Crippen LogP contribution >= 0.6 is 23.2 Å². The first kappa shape index (κ1) is 29.8. The molecule has 0 saturated heterocycles. The molecule has 0 radical (unpaired) electrons. The third kappa shape index (κ3) is 7.88. The zero-order valence-electron chi connectivity index (χ0n) is 20.4. The number of hydrogen-bond acceptors (Lipinski definition) is 8. The lowest BCUT2D eigenvalue weighted by atomic mass is 10.2. The van der Waals surface area contributed by atoms with Gasteiger partial charge in [0.1, 0.15) is 5.84 Å². The molecule has 0 saturated carbocycles. The van der Waals surface area contributed by atoms with Crippen molar-refractivity contribution in [3.8, 4) is 5.82 Å². The molecule has 0 aliphatic heterocycles. The standard InChI is InChI=1S/C23H22Cl2F3N7O4/c1-12(39-13(2)36)21-32-18(33-35(21)19-8-7-16(25)9-30-19)10-31-22(38)34(11-17(37)23(26,27)28)20(29)14-3-5-15(24)6-4-14/h3-9,12,17,29,37H,10-11H2,1-2H3,(H,31,38)/t12-,17+/m1/s1. The fourth-order valence-electron chi connectivity index (χ4n) is 3.24. The molecule has 0 spiro atoms. The van der Waals surface area contributed by atoms with E-state index in [1.165, 1.54) is 55.1 Å². The quantitative estimate of drug-likeness (QED) is 0.204. The molecular weight excluding hydrogens is 566 g/mol. The maximum Gasteiger partial charge on any atom is 0.416 e. The predicted octanol–water partition coefficient (Wildman–Crippen LogP) is 4.05. The van der Waals surface area contributed by atoms with Crippen LogP contribution in [0.25, 0.3) is 5.82 Å². The first-order valence-electron chi connectivity index (χ1n) is 11.2. The second-order valence-electron chi connectivity index (χ2n) is 8.07. The molecule has 1 aromatic carbocycles. The van der Waals surface area contributed by atoms with Crippen molar-refractivity contribution in [2.45, 2.75) is 38.8 Å². The highest BCUT2D eigenvalue weighted by molar-refractivity contribution is 6.30. The van der Waals surface area contributed by atoms with Gasteiger partial charge in [0.05, 0.1) is 18.1 Å². The zero-order chi connectivity index (χ0) is 28.9. The van der Waals surface area contributed by atoms with Gasteiger partial charge >= 0.3 is 18.2 Å². The number of carbonyl (C=O) groups excluding carboxylic acids is 2. The van der Waals surface area contributed by atoms with E-state index in [1.807, 2.05) is 0 Å². The van der Waals surface area contributed by atoms with E-state index in [9.17, 15) is 27.9 Å². The number of urea groups is 1. The number of ether oxygens (including phenoxy) is 1. The molecule has 3 rings (SSSR count). The number of hydrogen-bond donors (Lipinski definition) is 3. The summed E-state index contributed by atoms with van der Waals surface area (Å²) in [6.45, 7) is 1.10. The summed E-state index contributed by atoms with van der Waals surface area (Å²) in [5.41, 5.74) is 0.0811. The summed E-state index contributed by atoms with van der Waals surface area (Å²) < 4.78 is 45.7. The number of nitrogens with zero attached hydrogens (tertiary/aromatic N) is 5. The summed E-state index contributed by atoms with van der Waals surface area (Å²) in [5, 5.41) is 25.2. The van der Waals surface area contributed by atoms with Gasteiger partial charge in [0.2, 0.25) is 0 Å². The van der Waals surface area contributed by atoms with E-state index in [0.29, 0.717) is 14.9 Å². The van der Waals surface area contributed by atoms with Crippen molar-refractivity contribution >= 4 is 41.0 Å². The topological polar surface area (TPSA) is 146 Å². The van der Waals surface area contributed by atoms with Crippen molar-refractivity contribution < 1.29 is 32.6 Å². The highest BCUT2D eigenvalue weighted by atomic mass is 35.5. The van der Waals surface area contributed by atoms with E-state index in [0.717, 1.165) is 0 Å². The third-order valence-corrected chi connectivity index (χ3v) is 5.55. The lowest BCUT2D eigenvalue weighted by Gasteiger charge is -2.26. The van der Waals surface area contributed by atoms with E-state index in [4.69, 9.17) is 33.3 Å². The summed E-state index contributed by atoms with van der Waals surface area (Å²) in [6.07, 6.45) is -7.48. The summed E-state index contributed by atoms with van der Waals surface area (Å²) in [4.78, 5) is 33.3. The minimum atomic E-state index is -5.04. The number of esters is 1. The Morgan fingerprint density at radius 1 is 1.18 bits per heavy atom. The van der Waals surface area contributed by atoms with Gasteiger partial charge in [0.15, 0.2) is 29.7 Å². The van der Waals surface area contributed by atoms with Crippen LogP contribution < -0.4 is 5.32 Å². The van der Waals surface area contributed by atoms with Crippen LogP contribution in [0.4, 0.5) is 18.0 Å². The van der Waals surface area contributed by atoms with Crippen molar-refractivity contribution in [2.75, 3.05) is 6.54 Å². The van der Waals surface area contributed by atoms with Crippen LogP contribution in [0.2, 0.25) is 10.0 Å². The molecular formula is C23H22Cl2F3N7O4. The van der Waals surface area contributed by atoms with E-state index < -0.39 is 49.3 Å². The van der Waals surface area contributed by atoms with Gasteiger partial charge in [-0.25, -0.2) is 14.8 Å². The van der Waals surface area contributed by atoms with Gasteiger partial charge in [0.25, 0.3) is 0 Å². The molecule has 0 aliphatic rings. The minimum Gasteiger partial charge on any atom is -0.455 e. The van der Waals surface area contributed by atoms with Crippen LogP contribution in [-0.2, 0) is 16.1 Å². The molecule has 3 N–H and O–H groups in total. The SMILES string of the molecule is CC(=O)O[C@H](C)c1nc(CNC(=O)N(C[C@H](O)C(F)(F)F)C(=N)c2ccc(Cl)cc2)nn1-c1ccc(Cl)cn1. The molecule has 2 aromatic heterocycles. The molecule has 2 atom stereocenters. The van der Waals surface area contributed by atoms with Crippen molar-refractivity contribution in [1.82, 2.24) is 30.0 Å². The Labute approximate surface area is 230 Å². The summed E-state index contributed by atoms with van der Waals surface area (Å²) in [5.74, 6) is -0.806. The van der Waals surface area contributed by atoms with Crippen molar-refractivity contribution in [3.05, 3.63) is 69.9 Å². The molecule has 3 aromatic rings. The second kappa shape index (κ2) is 12.4. The average molecular weight is 588 g/mol. The van der Waals surface area contributed by atoms with Crippen LogP contribution in [0.3, 0.4) is 0 Å². The normalized spacial score (nSPS) is 12.9. The monoisotopic (exact) mass is 587 g/mol. The molecule has 39 heavy (non-hydrogen) atoms. The summed E-state index contributed by atoms with van der Waals surface area (Å²) >= 11 is 11.7. The Bertz CT molecular complexity index is 1330. The summed E-state index contributed by atoms with van der Waals surface area (Å²) in [6, 6.07) is 7.42. The Morgan fingerprint density at radius 3 is 2.38 bits per heavy atom. The van der Waals surface area contributed by atoms with Crippen LogP contribution in [0.15, 0.2) is 42.6 Å². The van der Waals surface area contributed by atoms with Crippen LogP contribution in [-0.4, -0.2) is 66.4 Å². The molecule has 16 heteroatoms. The van der Waals surface area contributed by atoms with Gasteiger partial charge in [-0.05, 0) is 43.3 Å². The number of aliphatic hydroxyl groups excluding tert-OH is 1. The molecule has 0 fully saturated rings. The number of halogens is 5. The predicted molar refractivity (Wildman–Crippen MR) is 134 cm³/mol. The maximum atomic E-state index is 13.1. The van der Waals surface area contributed by atoms with Gasteiger partial charge in [-0.15, -0.1) is 5.10 Å². The number of aromatic nitrogens is 4. The number of amides is 2. The highest BCUT2D eigenvalue weighted by Gasteiger charge is 2.41. The van der Waals surface area contributed by atoms with E-state index in [-0.39, 0.29) is 23.0 Å². The molecule has 208 valence electrons. The lowest BCUT2D eigenvalue weighted by molar-refractivity contribution is -0.204. The molecule has 0 unspecified atom stereocenters. The molecule has 11 nitrogen and oxygen atoms in total. The first-order valence-corrected chi connectivity index (χ1v) is 11.9. The number of alkyl halides is 3. The zero-order valence-corrected chi connectivity index (χ0v) is 21.9. The third-order valence-electron chi connectivity index (χ3n) is 5.07. The largest absolute Gasteiger partial charge is 0.455 e. The van der Waals surface area contributed by atoms with Crippen molar-refractivity contribution in [1.29, 1.82) is 5.41 Å². The number of pyridine rings is 1. The van der Waals surface area contributed by atoms with Crippen LogP contribution in [0, 0.1) is 5.41 Å². The van der Waals surface area contributed by atoms with Gasteiger partial charge in [0, 0.05) is 23.7 Å². The second-order valence-corrected chi connectivity index (χ2v) is 8.94. The lowest BCUT2D eigenvalue weighted by Crippen LogP contribution is -2.50. The Kier molecular flexibility index (Phi) is 9.48. The number of benzene rings is 1. The number of carbonyl (C=O) groups is 2. The Hall–Kier alpha value is -3.75. The number of rotatable bonds is 8. The first-order chi connectivity index (χ1) is 18.3. The van der Waals surface area contributed by atoms with E-state index in [1.54, 1.807) is 6.07 Å². The smallest absolute Gasteiger partial charge is 0.416 e. The molecule has 0 aliphatic carbocycles. The number of amidine groups is 1. The Balaban J connectivity index is 1.87. The van der Waals surface area contributed by atoms with Gasteiger partial charge in [-0.1, -0.05) is 23.2 Å². The van der Waals surface area contributed by atoms with Crippen molar-refractivity contribution in [3.63, 3.8) is 0 Å². The average Bonchev–Trinajstić information content (AvgIpc) is 3.29. The fourth-order valence-corrected chi connectivity index (χ4v) is 3.47.